The molecule has 0 N–H and O–H groups in total. The molecule has 3 fully saturated rings. The van der Waals surface area contributed by atoms with E-state index in [0.29, 0.717) is 12.5 Å². The summed E-state index contributed by atoms with van der Waals surface area (Å²) < 4.78 is 10.4. The maximum atomic E-state index is 12.3. The van der Waals surface area contributed by atoms with Gasteiger partial charge in [0.05, 0.1) is 6.04 Å². The van der Waals surface area contributed by atoms with Gasteiger partial charge >= 0.3 is 11.9 Å². The molecule has 1 saturated heterocycles. The highest BCUT2D eigenvalue weighted by Gasteiger charge is 2.64. The number of esters is 2. The summed E-state index contributed by atoms with van der Waals surface area (Å²) in [4.78, 5) is 37.3. The number of amides is 1. The lowest BCUT2D eigenvalue weighted by Crippen LogP contribution is -2.44. The maximum Gasteiger partial charge on any atom is 0.344 e. The monoisotopic (exact) mass is 307 g/mol. The van der Waals surface area contributed by atoms with Crippen molar-refractivity contribution in [2.24, 2.45) is 17.8 Å². The van der Waals surface area contributed by atoms with Crippen LogP contribution in [0, 0.1) is 17.8 Å². The highest BCUT2D eigenvalue weighted by molar-refractivity contribution is 5.88. The average Bonchev–Trinajstić information content (AvgIpc) is 3.08. The van der Waals surface area contributed by atoms with Crippen molar-refractivity contribution in [1.29, 1.82) is 0 Å². The number of carbonyl (C=O) groups is 3. The molecule has 2 saturated carbocycles. The largest absolute Gasteiger partial charge is 0.457 e. The molecular formula is C16H21NO5. The van der Waals surface area contributed by atoms with Crippen LogP contribution >= 0.6 is 0 Å². The summed E-state index contributed by atoms with van der Waals surface area (Å²) in [6.45, 7) is 7.16. The number of carbonyl (C=O) groups excluding carboxylic acids is 3. The van der Waals surface area contributed by atoms with Gasteiger partial charge in [0, 0.05) is 18.0 Å². The second-order valence-electron chi connectivity index (χ2n) is 6.43. The molecule has 5 unspecified atom stereocenters. The minimum atomic E-state index is -0.601. The van der Waals surface area contributed by atoms with Crippen molar-refractivity contribution < 1.29 is 23.9 Å². The quantitative estimate of drug-likeness (QED) is 0.557. The summed E-state index contributed by atoms with van der Waals surface area (Å²) in [6.07, 6.45) is 1.49. The van der Waals surface area contributed by atoms with E-state index in [4.69, 9.17) is 9.47 Å². The average molecular weight is 307 g/mol. The standard InChI is InChI=1S/C16H21NO5/c1-4-17-13-10-5-9(6-11(10)15(17)19)14(13)22-12(18)7-21-16(20)8(2)3/h9-11,13-14H,2,4-7H2,1,3H3. The van der Waals surface area contributed by atoms with E-state index in [1.165, 1.54) is 6.92 Å². The first kappa shape index (κ1) is 15.1. The van der Waals surface area contributed by atoms with Crippen LogP contribution < -0.4 is 0 Å². The first-order valence-corrected chi connectivity index (χ1v) is 7.76. The Morgan fingerprint density at radius 3 is 2.73 bits per heavy atom. The fourth-order valence-electron chi connectivity index (χ4n) is 4.30. The molecule has 1 amide bonds. The van der Waals surface area contributed by atoms with Crippen molar-refractivity contribution >= 4 is 17.8 Å². The molecular weight excluding hydrogens is 286 g/mol. The predicted octanol–water partition coefficient (Wildman–Crippen LogP) is 0.904. The van der Waals surface area contributed by atoms with Gasteiger partial charge in [0.25, 0.3) is 0 Å². The summed E-state index contributed by atoms with van der Waals surface area (Å²) in [6, 6.07) is 0.00189. The number of nitrogens with zero attached hydrogens (tertiary/aromatic N) is 1. The van der Waals surface area contributed by atoms with Crippen molar-refractivity contribution in [3.63, 3.8) is 0 Å². The number of fused-ring (bicyclic) bond motifs is 1. The van der Waals surface area contributed by atoms with Crippen LogP contribution in [-0.4, -0.2) is 48.0 Å². The summed E-state index contributed by atoms with van der Waals surface area (Å²) in [5.74, 6) is -0.275. The Morgan fingerprint density at radius 2 is 2.09 bits per heavy atom. The SMILES string of the molecule is C=C(C)C(=O)OCC(=O)OC1C2CC3C(=O)N(CC)C1C3C2. The van der Waals surface area contributed by atoms with Crippen LogP contribution in [0.3, 0.4) is 0 Å². The van der Waals surface area contributed by atoms with Crippen molar-refractivity contribution in [1.82, 2.24) is 4.90 Å². The van der Waals surface area contributed by atoms with E-state index in [9.17, 15) is 14.4 Å². The molecule has 6 heteroatoms. The van der Waals surface area contributed by atoms with Crippen LogP contribution in [0.5, 0.6) is 0 Å². The first-order chi connectivity index (χ1) is 10.4. The summed E-state index contributed by atoms with van der Waals surface area (Å²) >= 11 is 0. The van der Waals surface area contributed by atoms with Crippen LogP contribution in [0.1, 0.15) is 26.7 Å². The Bertz CT molecular complexity index is 543. The van der Waals surface area contributed by atoms with Gasteiger partial charge in [-0.05, 0) is 38.5 Å². The van der Waals surface area contributed by atoms with E-state index in [0.717, 1.165) is 12.8 Å². The highest BCUT2D eigenvalue weighted by Crippen LogP contribution is 2.56. The molecule has 1 heterocycles. The third-order valence-electron chi connectivity index (χ3n) is 5.13. The molecule has 3 rings (SSSR count). The van der Waals surface area contributed by atoms with Crippen molar-refractivity contribution in [2.75, 3.05) is 13.2 Å². The summed E-state index contributed by atoms with van der Waals surface area (Å²) in [5, 5.41) is 0. The molecule has 0 aromatic carbocycles. The number of hydrogen-bond acceptors (Lipinski definition) is 5. The molecule has 0 aromatic heterocycles. The Balaban J connectivity index is 1.62. The van der Waals surface area contributed by atoms with Gasteiger partial charge in [-0.25, -0.2) is 9.59 Å². The lowest BCUT2D eigenvalue weighted by atomic mass is 9.87. The molecule has 5 atom stereocenters. The molecule has 0 radical (unpaired) electrons. The van der Waals surface area contributed by atoms with Crippen molar-refractivity contribution in [3.05, 3.63) is 12.2 Å². The zero-order valence-electron chi connectivity index (χ0n) is 12.9. The topological polar surface area (TPSA) is 72.9 Å². The van der Waals surface area contributed by atoms with Gasteiger partial charge in [-0.1, -0.05) is 6.58 Å². The van der Waals surface area contributed by atoms with Gasteiger partial charge in [-0.15, -0.1) is 0 Å². The van der Waals surface area contributed by atoms with Gasteiger partial charge in [0.1, 0.15) is 6.10 Å². The number of ether oxygens (including phenoxy) is 2. The van der Waals surface area contributed by atoms with Crippen LogP contribution in [0.25, 0.3) is 0 Å². The van der Waals surface area contributed by atoms with Gasteiger partial charge in [-0.2, -0.15) is 0 Å². The van der Waals surface area contributed by atoms with Crippen molar-refractivity contribution in [3.8, 4) is 0 Å². The normalized spacial score (nSPS) is 34.9. The molecule has 22 heavy (non-hydrogen) atoms. The van der Waals surface area contributed by atoms with E-state index in [1.54, 1.807) is 0 Å². The lowest BCUT2D eigenvalue weighted by molar-refractivity contribution is -0.164. The minimum absolute atomic E-state index is 0.00189. The predicted molar refractivity (Wildman–Crippen MR) is 76.5 cm³/mol. The van der Waals surface area contributed by atoms with E-state index in [1.807, 2.05) is 11.8 Å². The molecule has 2 bridgehead atoms. The number of likely N-dealkylation sites (tertiary alicyclic amines) is 1. The number of likely N-dealkylation sites (N-methyl/N-ethyl adjacent to an activating group) is 1. The molecule has 0 spiro atoms. The molecule has 0 aromatic rings. The van der Waals surface area contributed by atoms with E-state index < -0.39 is 18.5 Å². The van der Waals surface area contributed by atoms with Crippen LogP contribution in [-0.2, 0) is 23.9 Å². The highest BCUT2D eigenvalue weighted by atomic mass is 16.6. The third kappa shape index (κ3) is 2.21. The minimum Gasteiger partial charge on any atom is -0.457 e. The number of hydrogen-bond donors (Lipinski definition) is 0. The van der Waals surface area contributed by atoms with Crippen LogP contribution in [0.15, 0.2) is 12.2 Å². The Morgan fingerprint density at radius 1 is 1.36 bits per heavy atom. The molecule has 1 aliphatic heterocycles. The Labute approximate surface area is 129 Å². The zero-order chi connectivity index (χ0) is 16.0. The van der Waals surface area contributed by atoms with Gasteiger partial charge in [-0.3, -0.25) is 4.79 Å². The van der Waals surface area contributed by atoms with E-state index in [-0.39, 0.29) is 35.5 Å². The van der Waals surface area contributed by atoms with Crippen molar-refractivity contribution in [2.45, 2.75) is 38.8 Å². The smallest absolute Gasteiger partial charge is 0.344 e. The second-order valence-corrected chi connectivity index (χ2v) is 6.43. The van der Waals surface area contributed by atoms with Gasteiger partial charge in [0.2, 0.25) is 5.91 Å². The van der Waals surface area contributed by atoms with E-state index >= 15 is 0 Å². The summed E-state index contributed by atoms with van der Waals surface area (Å²) in [7, 11) is 0. The lowest BCUT2D eigenvalue weighted by Gasteiger charge is -2.31. The fourth-order valence-corrected chi connectivity index (χ4v) is 4.30. The molecule has 3 aliphatic rings. The maximum absolute atomic E-state index is 12.3. The number of rotatable bonds is 5. The Hall–Kier alpha value is -1.85. The van der Waals surface area contributed by atoms with Crippen LogP contribution in [0.2, 0.25) is 0 Å². The second kappa shape index (κ2) is 5.41. The Kier molecular flexibility index (Phi) is 3.70. The molecule has 6 nitrogen and oxygen atoms in total. The van der Waals surface area contributed by atoms with Gasteiger partial charge in [0.15, 0.2) is 6.61 Å². The first-order valence-electron chi connectivity index (χ1n) is 7.76. The summed E-state index contributed by atoms with van der Waals surface area (Å²) in [5.41, 5.74) is 0.245. The fraction of sp³-hybridized carbons (Fsp3) is 0.688. The third-order valence-corrected chi connectivity index (χ3v) is 5.13. The zero-order valence-corrected chi connectivity index (χ0v) is 12.9. The van der Waals surface area contributed by atoms with Gasteiger partial charge < -0.3 is 14.4 Å². The van der Waals surface area contributed by atoms with E-state index in [2.05, 4.69) is 6.58 Å². The molecule has 120 valence electrons. The van der Waals surface area contributed by atoms with Crippen LogP contribution in [0.4, 0.5) is 0 Å². The molecule has 2 aliphatic carbocycles.